The molecule has 0 saturated heterocycles. The van der Waals surface area contributed by atoms with Crippen molar-refractivity contribution in [3.05, 3.63) is 34.4 Å². The van der Waals surface area contributed by atoms with Crippen LogP contribution in [0.1, 0.15) is 5.56 Å². The second-order valence-electron chi connectivity index (χ2n) is 2.76. The summed E-state index contributed by atoms with van der Waals surface area (Å²) >= 11 is 5.50. The standard InChI is InChI=1S/C9H5ClF2O3/c10-5-3-7(12)6(11)1-4(5)2-8(13)9(14)15/h1,3H,2H2,(H,14,15). The normalized spacial score (nSPS) is 10.1. The van der Waals surface area contributed by atoms with Gasteiger partial charge in [-0.05, 0) is 17.7 Å². The maximum absolute atomic E-state index is 12.7. The largest absolute Gasteiger partial charge is 0.475 e. The molecule has 6 heteroatoms. The first-order valence-electron chi connectivity index (χ1n) is 3.81. The van der Waals surface area contributed by atoms with Gasteiger partial charge in [0.05, 0.1) is 0 Å². The van der Waals surface area contributed by atoms with Gasteiger partial charge in [0.15, 0.2) is 11.6 Å². The van der Waals surface area contributed by atoms with Crippen molar-refractivity contribution in [3.8, 4) is 0 Å². The van der Waals surface area contributed by atoms with E-state index in [9.17, 15) is 18.4 Å². The molecule has 80 valence electrons. The molecule has 0 aliphatic rings. The number of carbonyl (C=O) groups excluding carboxylic acids is 1. The lowest BCUT2D eigenvalue weighted by Gasteiger charge is -2.02. The minimum Gasteiger partial charge on any atom is -0.475 e. The molecule has 15 heavy (non-hydrogen) atoms. The van der Waals surface area contributed by atoms with Crippen LogP contribution in [-0.4, -0.2) is 16.9 Å². The smallest absolute Gasteiger partial charge is 0.372 e. The Bertz CT molecular complexity index is 432. The van der Waals surface area contributed by atoms with E-state index < -0.39 is 29.8 Å². The number of halogens is 3. The predicted molar refractivity (Wildman–Crippen MR) is 47.7 cm³/mol. The highest BCUT2D eigenvalue weighted by molar-refractivity contribution is 6.35. The lowest BCUT2D eigenvalue weighted by molar-refractivity contribution is -0.148. The highest BCUT2D eigenvalue weighted by Gasteiger charge is 2.16. The number of aliphatic carboxylic acids is 1. The zero-order chi connectivity index (χ0) is 11.6. The van der Waals surface area contributed by atoms with Crippen LogP contribution in [-0.2, 0) is 16.0 Å². The summed E-state index contributed by atoms with van der Waals surface area (Å²) in [4.78, 5) is 21.0. The van der Waals surface area contributed by atoms with Crippen LogP contribution >= 0.6 is 11.6 Å². The molecule has 3 nitrogen and oxygen atoms in total. The van der Waals surface area contributed by atoms with Gasteiger partial charge in [-0.15, -0.1) is 0 Å². The van der Waals surface area contributed by atoms with Crippen molar-refractivity contribution in [2.75, 3.05) is 0 Å². The molecule has 1 rings (SSSR count). The number of hydrogen-bond acceptors (Lipinski definition) is 2. The molecule has 0 unspecified atom stereocenters. The van der Waals surface area contributed by atoms with Crippen LogP contribution in [0.3, 0.4) is 0 Å². The molecule has 0 amide bonds. The van der Waals surface area contributed by atoms with E-state index in [0.29, 0.717) is 12.1 Å². The molecule has 0 atom stereocenters. The summed E-state index contributed by atoms with van der Waals surface area (Å²) in [6.07, 6.45) is -0.564. The zero-order valence-corrected chi connectivity index (χ0v) is 8.02. The van der Waals surface area contributed by atoms with E-state index in [-0.39, 0.29) is 10.6 Å². The fraction of sp³-hybridized carbons (Fsp3) is 0.111. The zero-order valence-electron chi connectivity index (χ0n) is 7.26. The first-order chi connectivity index (χ1) is 6.91. The molecule has 0 aliphatic carbocycles. The van der Waals surface area contributed by atoms with E-state index >= 15 is 0 Å². The van der Waals surface area contributed by atoms with Crippen molar-refractivity contribution in [3.63, 3.8) is 0 Å². The predicted octanol–water partition coefficient (Wildman–Crippen LogP) is 1.81. The number of Topliss-reactive ketones (excluding diaryl/α,β-unsaturated/α-hetero) is 1. The van der Waals surface area contributed by atoms with Gasteiger partial charge in [0, 0.05) is 11.4 Å². The highest BCUT2D eigenvalue weighted by atomic mass is 35.5. The molecule has 0 fully saturated rings. The first kappa shape index (κ1) is 11.6. The van der Waals surface area contributed by atoms with Crippen LogP contribution in [0.5, 0.6) is 0 Å². The van der Waals surface area contributed by atoms with Gasteiger partial charge in [0.2, 0.25) is 5.78 Å². The Morgan fingerprint density at radius 2 is 1.80 bits per heavy atom. The Balaban J connectivity index is 3.01. The molecule has 0 bridgehead atoms. The molecule has 0 radical (unpaired) electrons. The van der Waals surface area contributed by atoms with Gasteiger partial charge in [-0.1, -0.05) is 11.6 Å². The number of benzene rings is 1. The lowest BCUT2D eigenvalue weighted by Crippen LogP contribution is -2.15. The molecule has 0 heterocycles. The Labute approximate surface area is 88.3 Å². The van der Waals surface area contributed by atoms with E-state index in [1.807, 2.05) is 0 Å². The van der Waals surface area contributed by atoms with E-state index in [4.69, 9.17) is 16.7 Å². The van der Waals surface area contributed by atoms with Gasteiger partial charge in [-0.25, -0.2) is 13.6 Å². The second kappa shape index (κ2) is 4.35. The van der Waals surface area contributed by atoms with Crippen LogP contribution in [0.15, 0.2) is 12.1 Å². The van der Waals surface area contributed by atoms with Gasteiger partial charge in [-0.3, -0.25) is 4.79 Å². The van der Waals surface area contributed by atoms with Gasteiger partial charge in [0.25, 0.3) is 0 Å². The highest BCUT2D eigenvalue weighted by Crippen LogP contribution is 2.20. The fourth-order valence-electron chi connectivity index (χ4n) is 0.948. The number of ketones is 1. The third-order valence-electron chi connectivity index (χ3n) is 1.68. The molecule has 1 aromatic carbocycles. The van der Waals surface area contributed by atoms with Crippen LogP contribution < -0.4 is 0 Å². The van der Waals surface area contributed by atoms with Crippen molar-refractivity contribution in [1.29, 1.82) is 0 Å². The molecular weight excluding hydrogens is 230 g/mol. The summed E-state index contributed by atoms with van der Waals surface area (Å²) in [5.74, 6) is -5.10. The number of carboxylic acid groups (broad SMARTS) is 1. The third-order valence-corrected chi connectivity index (χ3v) is 2.03. The van der Waals surface area contributed by atoms with Gasteiger partial charge >= 0.3 is 5.97 Å². The first-order valence-corrected chi connectivity index (χ1v) is 4.19. The molecule has 0 aromatic heterocycles. The molecule has 0 spiro atoms. The van der Waals surface area contributed by atoms with Gasteiger partial charge in [0.1, 0.15) is 0 Å². The lowest BCUT2D eigenvalue weighted by atomic mass is 10.1. The van der Waals surface area contributed by atoms with Crippen molar-refractivity contribution in [1.82, 2.24) is 0 Å². The van der Waals surface area contributed by atoms with Gasteiger partial charge < -0.3 is 5.11 Å². The number of rotatable bonds is 3. The topological polar surface area (TPSA) is 54.4 Å². The average Bonchev–Trinajstić information content (AvgIpc) is 2.13. The van der Waals surface area contributed by atoms with Crippen LogP contribution in [0, 0.1) is 11.6 Å². The van der Waals surface area contributed by atoms with Crippen molar-refractivity contribution in [2.45, 2.75) is 6.42 Å². The number of hydrogen-bond donors (Lipinski definition) is 1. The fourth-order valence-corrected chi connectivity index (χ4v) is 1.16. The van der Waals surface area contributed by atoms with Crippen molar-refractivity contribution in [2.24, 2.45) is 0 Å². The summed E-state index contributed by atoms with van der Waals surface area (Å²) in [6, 6.07) is 1.40. The van der Waals surface area contributed by atoms with E-state index in [1.54, 1.807) is 0 Å². The molecular formula is C9H5ClF2O3. The van der Waals surface area contributed by atoms with E-state index in [2.05, 4.69) is 0 Å². The summed E-state index contributed by atoms with van der Waals surface area (Å²) in [5, 5.41) is 8.12. The Morgan fingerprint density at radius 1 is 1.27 bits per heavy atom. The van der Waals surface area contributed by atoms with Crippen molar-refractivity contribution < 1.29 is 23.5 Å². The van der Waals surface area contributed by atoms with Crippen LogP contribution in [0.4, 0.5) is 8.78 Å². The van der Waals surface area contributed by atoms with Crippen molar-refractivity contribution >= 4 is 23.4 Å². The quantitative estimate of drug-likeness (QED) is 0.641. The number of carboxylic acids is 1. The molecule has 0 aliphatic heterocycles. The monoisotopic (exact) mass is 234 g/mol. The van der Waals surface area contributed by atoms with E-state index in [0.717, 1.165) is 0 Å². The molecule has 0 saturated carbocycles. The molecule has 1 aromatic rings. The van der Waals surface area contributed by atoms with Crippen LogP contribution in [0.2, 0.25) is 5.02 Å². The third kappa shape index (κ3) is 2.73. The maximum Gasteiger partial charge on any atom is 0.372 e. The summed E-state index contributed by atoms with van der Waals surface area (Å²) < 4.78 is 25.3. The Hall–Kier alpha value is -1.49. The Kier molecular flexibility index (Phi) is 3.36. The summed E-state index contributed by atoms with van der Waals surface area (Å²) in [7, 11) is 0. The van der Waals surface area contributed by atoms with E-state index in [1.165, 1.54) is 0 Å². The number of carbonyl (C=O) groups is 2. The van der Waals surface area contributed by atoms with Gasteiger partial charge in [-0.2, -0.15) is 0 Å². The summed E-state index contributed by atoms with van der Waals surface area (Å²) in [6.45, 7) is 0. The molecule has 1 N–H and O–H groups in total. The second-order valence-corrected chi connectivity index (χ2v) is 3.17. The minimum atomic E-state index is -1.64. The van der Waals surface area contributed by atoms with Crippen LogP contribution in [0.25, 0.3) is 0 Å². The minimum absolute atomic E-state index is 0.0528. The summed E-state index contributed by atoms with van der Waals surface area (Å²) in [5.41, 5.74) is -0.0528. The Morgan fingerprint density at radius 3 is 2.33 bits per heavy atom. The SMILES string of the molecule is O=C(O)C(=O)Cc1cc(F)c(F)cc1Cl. The maximum atomic E-state index is 12.7. The average molecular weight is 235 g/mol.